The molecule has 1 unspecified atom stereocenters. The summed E-state index contributed by atoms with van der Waals surface area (Å²) in [4.78, 5) is 2.28. The molecular formula is C13H15Cl2N3O2S. The van der Waals surface area contributed by atoms with Crippen LogP contribution in [0, 0.1) is 5.92 Å². The molecule has 1 aromatic heterocycles. The molecular weight excluding hydrogens is 333 g/mol. The van der Waals surface area contributed by atoms with E-state index in [-0.39, 0.29) is 4.90 Å². The molecule has 0 N–H and O–H groups in total. The SMILES string of the molecule is CN1CCC(Cn2ncc3c(Cl)cc(S(=O)(=O)Cl)cc32)C1. The maximum Gasteiger partial charge on any atom is 0.261 e. The van der Waals surface area contributed by atoms with E-state index in [1.165, 1.54) is 12.1 Å². The molecule has 2 aromatic rings. The van der Waals surface area contributed by atoms with Crippen molar-refractivity contribution in [3.8, 4) is 0 Å². The fourth-order valence-corrected chi connectivity index (χ4v) is 3.92. The van der Waals surface area contributed by atoms with E-state index in [1.54, 1.807) is 6.20 Å². The topological polar surface area (TPSA) is 55.2 Å². The summed E-state index contributed by atoms with van der Waals surface area (Å²) in [6, 6.07) is 2.90. The summed E-state index contributed by atoms with van der Waals surface area (Å²) in [5.41, 5.74) is 0.705. The molecule has 2 heterocycles. The van der Waals surface area contributed by atoms with Crippen LogP contribution in [0.5, 0.6) is 0 Å². The van der Waals surface area contributed by atoms with Crippen molar-refractivity contribution in [2.45, 2.75) is 17.9 Å². The summed E-state index contributed by atoms with van der Waals surface area (Å²) in [5, 5.41) is 5.43. The Morgan fingerprint density at radius 2 is 2.19 bits per heavy atom. The number of benzene rings is 1. The van der Waals surface area contributed by atoms with Gasteiger partial charge < -0.3 is 4.90 Å². The van der Waals surface area contributed by atoms with E-state index in [4.69, 9.17) is 22.3 Å². The minimum Gasteiger partial charge on any atom is -0.306 e. The number of hydrogen-bond acceptors (Lipinski definition) is 4. The van der Waals surface area contributed by atoms with Gasteiger partial charge in [-0.15, -0.1) is 0 Å². The van der Waals surface area contributed by atoms with Crippen LogP contribution in [-0.4, -0.2) is 43.2 Å². The second kappa shape index (κ2) is 5.43. The van der Waals surface area contributed by atoms with E-state index in [0.29, 0.717) is 16.5 Å². The van der Waals surface area contributed by atoms with Gasteiger partial charge in [0.2, 0.25) is 0 Å². The van der Waals surface area contributed by atoms with Crippen molar-refractivity contribution >= 4 is 42.2 Å². The van der Waals surface area contributed by atoms with Crippen molar-refractivity contribution in [1.82, 2.24) is 14.7 Å². The highest BCUT2D eigenvalue weighted by molar-refractivity contribution is 8.13. The summed E-state index contributed by atoms with van der Waals surface area (Å²) in [6.45, 7) is 2.84. The molecule has 21 heavy (non-hydrogen) atoms. The molecule has 0 aliphatic carbocycles. The third-order valence-electron chi connectivity index (χ3n) is 3.89. The highest BCUT2D eigenvalue weighted by Gasteiger charge is 2.22. The van der Waals surface area contributed by atoms with Crippen LogP contribution in [0.2, 0.25) is 5.02 Å². The summed E-state index contributed by atoms with van der Waals surface area (Å²) in [6.07, 6.45) is 2.78. The second-order valence-electron chi connectivity index (χ2n) is 5.52. The van der Waals surface area contributed by atoms with Crippen LogP contribution in [0.1, 0.15) is 6.42 Å². The maximum absolute atomic E-state index is 11.5. The minimum absolute atomic E-state index is 0.00644. The van der Waals surface area contributed by atoms with Gasteiger partial charge >= 0.3 is 0 Å². The van der Waals surface area contributed by atoms with Gasteiger partial charge in [-0.25, -0.2) is 8.42 Å². The highest BCUT2D eigenvalue weighted by Crippen LogP contribution is 2.30. The fourth-order valence-electron chi connectivity index (χ4n) is 2.82. The fraction of sp³-hybridized carbons (Fsp3) is 0.462. The van der Waals surface area contributed by atoms with Crippen LogP contribution >= 0.6 is 22.3 Å². The van der Waals surface area contributed by atoms with Gasteiger partial charge in [-0.1, -0.05) is 11.6 Å². The van der Waals surface area contributed by atoms with Gasteiger partial charge in [0.05, 0.1) is 21.6 Å². The van der Waals surface area contributed by atoms with E-state index in [9.17, 15) is 8.42 Å². The van der Waals surface area contributed by atoms with Gasteiger partial charge in [-0.2, -0.15) is 5.10 Å². The van der Waals surface area contributed by atoms with Crippen LogP contribution in [0.15, 0.2) is 23.2 Å². The molecule has 0 radical (unpaired) electrons. The summed E-state index contributed by atoms with van der Waals surface area (Å²) < 4.78 is 24.9. The summed E-state index contributed by atoms with van der Waals surface area (Å²) >= 11 is 6.14. The van der Waals surface area contributed by atoms with Gasteiger partial charge in [-0.3, -0.25) is 4.68 Å². The van der Waals surface area contributed by atoms with Gasteiger partial charge in [0.15, 0.2) is 0 Å². The number of halogens is 2. The smallest absolute Gasteiger partial charge is 0.261 e. The zero-order chi connectivity index (χ0) is 15.2. The zero-order valence-corrected chi connectivity index (χ0v) is 13.8. The molecule has 1 atom stereocenters. The first kappa shape index (κ1) is 15.1. The Morgan fingerprint density at radius 3 is 2.81 bits per heavy atom. The van der Waals surface area contributed by atoms with E-state index in [1.807, 2.05) is 4.68 Å². The number of nitrogens with zero attached hydrogens (tertiary/aromatic N) is 3. The average Bonchev–Trinajstić information content (AvgIpc) is 2.96. The molecule has 1 aliphatic heterocycles. The lowest BCUT2D eigenvalue weighted by atomic mass is 10.1. The van der Waals surface area contributed by atoms with Crippen LogP contribution in [0.4, 0.5) is 0 Å². The zero-order valence-electron chi connectivity index (χ0n) is 11.5. The van der Waals surface area contributed by atoms with E-state index >= 15 is 0 Å². The number of aromatic nitrogens is 2. The molecule has 1 fully saturated rings. The van der Waals surface area contributed by atoms with Crippen LogP contribution in [-0.2, 0) is 15.6 Å². The highest BCUT2D eigenvalue weighted by atomic mass is 35.7. The lowest BCUT2D eigenvalue weighted by Crippen LogP contribution is -2.17. The van der Waals surface area contributed by atoms with Crippen molar-refractivity contribution in [1.29, 1.82) is 0 Å². The monoisotopic (exact) mass is 347 g/mol. The van der Waals surface area contributed by atoms with Crippen molar-refractivity contribution in [2.75, 3.05) is 20.1 Å². The predicted molar refractivity (Wildman–Crippen MR) is 83.4 cm³/mol. The first-order chi connectivity index (χ1) is 9.84. The van der Waals surface area contributed by atoms with Crippen molar-refractivity contribution < 1.29 is 8.42 Å². The third-order valence-corrected chi connectivity index (χ3v) is 5.53. The van der Waals surface area contributed by atoms with Gasteiger partial charge in [0.1, 0.15) is 0 Å². The first-order valence-electron chi connectivity index (χ1n) is 6.63. The molecule has 114 valence electrons. The normalized spacial score (nSPS) is 20.4. The lowest BCUT2D eigenvalue weighted by Gasteiger charge is -2.11. The summed E-state index contributed by atoms with van der Waals surface area (Å²) in [5.74, 6) is 0.508. The number of fused-ring (bicyclic) bond motifs is 1. The molecule has 0 bridgehead atoms. The molecule has 0 amide bonds. The molecule has 1 aliphatic rings. The average molecular weight is 348 g/mol. The number of likely N-dealkylation sites (tertiary alicyclic amines) is 1. The van der Waals surface area contributed by atoms with Crippen LogP contribution < -0.4 is 0 Å². The van der Waals surface area contributed by atoms with Crippen LogP contribution in [0.3, 0.4) is 0 Å². The number of hydrogen-bond donors (Lipinski definition) is 0. The quantitative estimate of drug-likeness (QED) is 0.800. The van der Waals surface area contributed by atoms with E-state index in [0.717, 1.165) is 31.4 Å². The standard InChI is InChI=1S/C13H15Cl2N3O2S/c1-17-3-2-9(7-17)8-18-13-5-10(21(15,19)20)4-12(14)11(13)6-16-18/h4-6,9H,2-3,7-8H2,1H3. The Labute approximate surface area is 132 Å². The molecule has 3 rings (SSSR count). The Hall–Kier alpha value is -0.820. The van der Waals surface area contributed by atoms with Crippen molar-refractivity contribution in [2.24, 2.45) is 5.92 Å². The van der Waals surface area contributed by atoms with Gasteiger partial charge in [0, 0.05) is 29.2 Å². The molecule has 8 heteroatoms. The van der Waals surface area contributed by atoms with E-state index in [2.05, 4.69) is 17.0 Å². The lowest BCUT2D eigenvalue weighted by molar-refractivity contribution is 0.373. The van der Waals surface area contributed by atoms with Gasteiger partial charge in [-0.05, 0) is 38.1 Å². The molecule has 1 saturated heterocycles. The molecule has 5 nitrogen and oxygen atoms in total. The maximum atomic E-state index is 11.5. The third kappa shape index (κ3) is 3.04. The predicted octanol–water partition coefficient (Wildman–Crippen LogP) is 2.57. The molecule has 1 aromatic carbocycles. The summed E-state index contributed by atoms with van der Waals surface area (Å²) in [7, 11) is 3.70. The van der Waals surface area contributed by atoms with Crippen molar-refractivity contribution in [3.63, 3.8) is 0 Å². The second-order valence-corrected chi connectivity index (χ2v) is 8.49. The minimum atomic E-state index is -3.81. The largest absolute Gasteiger partial charge is 0.306 e. The Balaban J connectivity index is 2.02. The first-order valence-corrected chi connectivity index (χ1v) is 9.31. The van der Waals surface area contributed by atoms with Gasteiger partial charge in [0.25, 0.3) is 9.05 Å². The van der Waals surface area contributed by atoms with Crippen molar-refractivity contribution in [3.05, 3.63) is 23.4 Å². The molecule has 0 spiro atoms. The number of rotatable bonds is 3. The van der Waals surface area contributed by atoms with E-state index < -0.39 is 9.05 Å². The Bertz CT molecular complexity index is 788. The van der Waals surface area contributed by atoms with Crippen LogP contribution in [0.25, 0.3) is 10.9 Å². The Morgan fingerprint density at radius 1 is 1.43 bits per heavy atom. The molecule has 0 saturated carbocycles. The Kier molecular flexibility index (Phi) is 3.90.